The van der Waals surface area contributed by atoms with Crippen LogP contribution in [0.3, 0.4) is 0 Å². The Balaban J connectivity index is 1.99. The van der Waals surface area contributed by atoms with Gasteiger partial charge in [-0.1, -0.05) is 0 Å². The first-order valence-electron chi connectivity index (χ1n) is 6.54. The highest BCUT2D eigenvalue weighted by atomic mass is 79.9. The van der Waals surface area contributed by atoms with Crippen LogP contribution < -0.4 is 5.32 Å². The Labute approximate surface area is 121 Å². The molecular weight excluding hydrogens is 304 g/mol. The van der Waals surface area contributed by atoms with Crippen LogP contribution in [0.5, 0.6) is 0 Å². The Bertz CT molecular complexity index is 601. The van der Waals surface area contributed by atoms with E-state index in [2.05, 4.69) is 44.3 Å². The van der Waals surface area contributed by atoms with Crippen molar-refractivity contribution < 1.29 is 0 Å². The normalized spacial score (nSPS) is 14.9. The van der Waals surface area contributed by atoms with Gasteiger partial charge in [-0.2, -0.15) is 5.10 Å². The summed E-state index contributed by atoms with van der Waals surface area (Å²) >= 11 is 3.44. The van der Waals surface area contributed by atoms with E-state index in [9.17, 15) is 0 Å². The van der Waals surface area contributed by atoms with Crippen LogP contribution in [-0.2, 0) is 6.54 Å². The van der Waals surface area contributed by atoms with Crippen LogP contribution in [0.2, 0.25) is 0 Å². The van der Waals surface area contributed by atoms with Gasteiger partial charge >= 0.3 is 0 Å². The largest absolute Gasteiger partial charge is 0.310 e. The molecule has 2 aromatic heterocycles. The van der Waals surface area contributed by atoms with Crippen LogP contribution in [0.1, 0.15) is 29.7 Å². The average molecular weight is 321 g/mol. The van der Waals surface area contributed by atoms with Gasteiger partial charge in [-0.15, -0.1) is 0 Å². The molecule has 19 heavy (non-hydrogen) atoms. The molecule has 0 radical (unpaired) electrons. The van der Waals surface area contributed by atoms with Crippen LogP contribution >= 0.6 is 15.9 Å². The molecule has 3 rings (SSSR count). The quantitative estimate of drug-likeness (QED) is 0.941. The van der Waals surface area contributed by atoms with E-state index in [1.807, 2.05) is 17.8 Å². The van der Waals surface area contributed by atoms with Crippen LogP contribution in [0.4, 0.5) is 0 Å². The fourth-order valence-electron chi connectivity index (χ4n) is 2.20. The van der Waals surface area contributed by atoms with Gasteiger partial charge in [-0.05, 0) is 54.2 Å². The van der Waals surface area contributed by atoms with E-state index in [-0.39, 0.29) is 0 Å². The Hall–Kier alpha value is -1.20. The maximum Gasteiger partial charge on any atom is 0.158 e. The SMILES string of the molecule is Cc1cc(C)c(CNC2CC2)c(-n2cc(Br)cn2)n1. The minimum Gasteiger partial charge on any atom is -0.310 e. The molecule has 0 bridgehead atoms. The van der Waals surface area contributed by atoms with Gasteiger partial charge in [0.05, 0.1) is 10.7 Å². The molecule has 1 aliphatic rings. The Kier molecular flexibility index (Phi) is 3.41. The van der Waals surface area contributed by atoms with Gasteiger partial charge in [-0.3, -0.25) is 0 Å². The van der Waals surface area contributed by atoms with Crippen molar-refractivity contribution in [1.82, 2.24) is 20.1 Å². The summed E-state index contributed by atoms with van der Waals surface area (Å²) in [4.78, 5) is 4.66. The lowest BCUT2D eigenvalue weighted by Gasteiger charge is -2.13. The van der Waals surface area contributed by atoms with E-state index in [4.69, 9.17) is 0 Å². The average Bonchev–Trinajstić information content (AvgIpc) is 3.08. The highest BCUT2D eigenvalue weighted by Crippen LogP contribution is 2.23. The summed E-state index contributed by atoms with van der Waals surface area (Å²) in [5.41, 5.74) is 3.52. The number of pyridine rings is 1. The number of aromatic nitrogens is 3. The number of rotatable bonds is 4. The second kappa shape index (κ2) is 5.06. The second-order valence-electron chi connectivity index (χ2n) is 5.14. The van der Waals surface area contributed by atoms with E-state index in [1.54, 1.807) is 6.20 Å². The molecule has 0 saturated heterocycles. The van der Waals surface area contributed by atoms with Crippen LogP contribution in [0.25, 0.3) is 5.82 Å². The van der Waals surface area contributed by atoms with Gasteiger partial charge < -0.3 is 5.32 Å². The Morgan fingerprint density at radius 3 is 2.84 bits per heavy atom. The lowest BCUT2D eigenvalue weighted by Crippen LogP contribution is -2.19. The van der Waals surface area contributed by atoms with Crippen LogP contribution in [0.15, 0.2) is 22.9 Å². The van der Waals surface area contributed by atoms with E-state index < -0.39 is 0 Å². The van der Waals surface area contributed by atoms with E-state index in [1.165, 1.54) is 24.0 Å². The zero-order chi connectivity index (χ0) is 13.4. The molecule has 5 heteroatoms. The molecule has 100 valence electrons. The molecule has 1 aliphatic carbocycles. The number of nitrogens with zero attached hydrogens (tertiary/aromatic N) is 3. The zero-order valence-corrected chi connectivity index (χ0v) is 12.7. The molecule has 0 aliphatic heterocycles. The van der Waals surface area contributed by atoms with Gasteiger partial charge in [0, 0.05) is 30.0 Å². The molecule has 0 amide bonds. The molecule has 0 aromatic carbocycles. The van der Waals surface area contributed by atoms with E-state index in [0.29, 0.717) is 6.04 Å². The molecule has 2 aromatic rings. The lowest BCUT2D eigenvalue weighted by atomic mass is 10.1. The molecular formula is C14H17BrN4. The third kappa shape index (κ3) is 2.87. The molecule has 1 fully saturated rings. The van der Waals surface area contributed by atoms with Crippen molar-refractivity contribution in [2.45, 2.75) is 39.3 Å². The summed E-state index contributed by atoms with van der Waals surface area (Å²) in [6, 6.07) is 2.82. The minimum atomic E-state index is 0.693. The topological polar surface area (TPSA) is 42.7 Å². The van der Waals surface area contributed by atoms with Crippen molar-refractivity contribution in [2.75, 3.05) is 0 Å². The van der Waals surface area contributed by atoms with Crippen LogP contribution in [0, 0.1) is 13.8 Å². The molecule has 1 N–H and O–H groups in total. The Morgan fingerprint density at radius 2 is 2.21 bits per heavy atom. The smallest absolute Gasteiger partial charge is 0.158 e. The molecule has 0 unspecified atom stereocenters. The summed E-state index contributed by atoms with van der Waals surface area (Å²) < 4.78 is 2.81. The lowest BCUT2D eigenvalue weighted by molar-refractivity contribution is 0.672. The third-order valence-electron chi connectivity index (χ3n) is 3.37. The molecule has 4 nitrogen and oxygen atoms in total. The third-order valence-corrected chi connectivity index (χ3v) is 3.78. The standard InChI is InChI=1S/C14H17BrN4/c1-9-5-10(2)18-14(19-8-11(15)6-17-19)13(9)7-16-12-3-4-12/h5-6,8,12,16H,3-4,7H2,1-2H3. The number of nitrogens with one attached hydrogen (secondary N) is 1. The first-order chi connectivity index (χ1) is 9.13. The number of halogens is 1. The molecule has 0 atom stereocenters. The van der Waals surface area contributed by atoms with Gasteiger partial charge in [0.2, 0.25) is 0 Å². The molecule has 1 saturated carbocycles. The van der Waals surface area contributed by atoms with Crippen molar-refractivity contribution in [2.24, 2.45) is 0 Å². The van der Waals surface area contributed by atoms with Crippen molar-refractivity contribution in [3.05, 3.63) is 39.8 Å². The second-order valence-corrected chi connectivity index (χ2v) is 6.06. The fraction of sp³-hybridized carbons (Fsp3) is 0.429. The predicted octanol–water partition coefficient (Wildman–Crippen LogP) is 2.90. The van der Waals surface area contributed by atoms with Crippen molar-refractivity contribution in [3.63, 3.8) is 0 Å². The Morgan fingerprint density at radius 1 is 1.42 bits per heavy atom. The summed E-state index contributed by atoms with van der Waals surface area (Å²) in [6.07, 6.45) is 6.32. The monoisotopic (exact) mass is 320 g/mol. The summed E-state index contributed by atoms with van der Waals surface area (Å²) in [6.45, 7) is 5.02. The highest BCUT2D eigenvalue weighted by Gasteiger charge is 2.21. The fourth-order valence-corrected chi connectivity index (χ4v) is 2.49. The highest BCUT2D eigenvalue weighted by molar-refractivity contribution is 9.10. The summed E-state index contributed by atoms with van der Waals surface area (Å²) in [5.74, 6) is 0.927. The zero-order valence-electron chi connectivity index (χ0n) is 11.2. The number of hydrogen-bond acceptors (Lipinski definition) is 3. The first-order valence-corrected chi connectivity index (χ1v) is 7.34. The van der Waals surface area contributed by atoms with Gasteiger partial charge in [0.1, 0.15) is 0 Å². The summed E-state index contributed by atoms with van der Waals surface area (Å²) in [5, 5.41) is 7.91. The number of aryl methyl sites for hydroxylation is 2. The van der Waals surface area contributed by atoms with Gasteiger partial charge in [-0.25, -0.2) is 9.67 Å². The van der Waals surface area contributed by atoms with E-state index >= 15 is 0 Å². The van der Waals surface area contributed by atoms with Crippen molar-refractivity contribution in [3.8, 4) is 5.82 Å². The molecule has 2 heterocycles. The predicted molar refractivity (Wildman–Crippen MR) is 78.4 cm³/mol. The first kappa shape index (κ1) is 12.8. The minimum absolute atomic E-state index is 0.693. The molecule has 0 spiro atoms. The number of hydrogen-bond donors (Lipinski definition) is 1. The van der Waals surface area contributed by atoms with Crippen molar-refractivity contribution in [1.29, 1.82) is 0 Å². The maximum atomic E-state index is 4.66. The summed E-state index contributed by atoms with van der Waals surface area (Å²) in [7, 11) is 0. The van der Waals surface area contributed by atoms with E-state index in [0.717, 1.165) is 22.5 Å². The van der Waals surface area contributed by atoms with Crippen LogP contribution in [-0.4, -0.2) is 20.8 Å². The van der Waals surface area contributed by atoms with Gasteiger partial charge in [0.15, 0.2) is 5.82 Å². The van der Waals surface area contributed by atoms with Gasteiger partial charge in [0.25, 0.3) is 0 Å². The maximum absolute atomic E-state index is 4.66. The van der Waals surface area contributed by atoms with Crippen molar-refractivity contribution >= 4 is 15.9 Å².